The number of hydrogen-bond donors (Lipinski definition) is 1. The number of carboxylic acids is 1. The van der Waals surface area contributed by atoms with Crippen LogP contribution in [-0.2, 0) is 4.79 Å². The lowest BCUT2D eigenvalue weighted by Gasteiger charge is -2.34. The molecule has 2 rings (SSSR count). The number of rotatable bonds is 2. The Morgan fingerprint density at radius 1 is 1.31 bits per heavy atom. The van der Waals surface area contributed by atoms with Gasteiger partial charge in [-0.3, -0.25) is 0 Å². The fourth-order valence-corrected chi connectivity index (χ4v) is 2.13. The van der Waals surface area contributed by atoms with Gasteiger partial charge in [0.15, 0.2) is 0 Å². The molecule has 1 N–H and O–H groups in total. The molecular weight excluding hydrogens is 209 g/mol. The van der Waals surface area contributed by atoms with Gasteiger partial charge >= 0.3 is 5.97 Å². The lowest BCUT2D eigenvalue weighted by Crippen LogP contribution is -2.44. The molecule has 1 atom stereocenters. The van der Waals surface area contributed by atoms with Gasteiger partial charge in [-0.05, 0) is 43.5 Å². The van der Waals surface area contributed by atoms with Gasteiger partial charge in [-0.2, -0.15) is 0 Å². The molecule has 16 heavy (non-hydrogen) atoms. The zero-order valence-electron chi connectivity index (χ0n) is 8.90. The molecule has 86 valence electrons. The van der Waals surface area contributed by atoms with E-state index in [-0.39, 0.29) is 5.82 Å². The first-order valence-corrected chi connectivity index (χ1v) is 5.43. The molecule has 0 spiro atoms. The Hall–Kier alpha value is -1.58. The van der Waals surface area contributed by atoms with Crippen LogP contribution in [0.2, 0.25) is 0 Å². The van der Waals surface area contributed by atoms with Crippen molar-refractivity contribution in [2.24, 2.45) is 0 Å². The number of piperidine rings is 1. The van der Waals surface area contributed by atoms with Crippen molar-refractivity contribution in [2.45, 2.75) is 25.3 Å². The van der Waals surface area contributed by atoms with Crippen LogP contribution in [0.15, 0.2) is 24.3 Å². The van der Waals surface area contributed by atoms with Crippen LogP contribution < -0.4 is 4.90 Å². The number of hydrogen-bond acceptors (Lipinski definition) is 2. The van der Waals surface area contributed by atoms with Gasteiger partial charge in [0, 0.05) is 12.2 Å². The van der Waals surface area contributed by atoms with Gasteiger partial charge in [0.25, 0.3) is 0 Å². The summed E-state index contributed by atoms with van der Waals surface area (Å²) in [5, 5.41) is 9.11. The average Bonchev–Trinajstić information content (AvgIpc) is 2.30. The van der Waals surface area contributed by atoms with E-state index < -0.39 is 12.0 Å². The van der Waals surface area contributed by atoms with E-state index in [1.807, 2.05) is 4.90 Å². The highest BCUT2D eigenvalue weighted by Gasteiger charge is 2.28. The second-order valence-electron chi connectivity index (χ2n) is 4.02. The summed E-state index contributed by atoms with van der Waals surface area (Å²) >= 11 is 0. The summed E-state index contributed by atoms with van der Waals surface area (Å²) in [5.74, 6) is -1.10. The number of aliphatic carboxylic acids is 1. The molecule has 1 aliphatic heterocycles. The van der Waals surface area contributed by atoms with Crippen molar-refractivity contribution in [2.75, 3.05) is 11.4 Å². The van der Waals surface area contributed by atoms with Gasteiger partial charge in [-0.15, -0.1) is 0 Å². The molecule has 1 aromatic carbocycles. The summed E-state index contributed by atoms with van der Waals surface area (Å²) in [6.07, 6.45) is 2.59. The van der Waals surface area contributed by atoms with Gasteiger partial charge in [0.1, 0.15) is 11.9 Å². The Balaban J connectivity index is 2.23. The van der Waals surface area contributed by atoms with Gasteiger partial charge in [-0.25, -0.2) is 9.18 Å². The lowest BCUT2D eigenvalue weighted by atomic mass is 10.0. The highest BCUT2D eigenvalue weighted by molar-refractivity contribution is 5.78. The lowest BCUT2D eigenvalue weighted by molar-refractivity contribution is -0.139. The van der Waals surface area contributed by atoms with Gasteiger partial charge < -0.3 is 10.0 Å². The molecule has 1 saturated heterocycles. The Labute approximate surface area is 93.5 Å². The third-order valence-electron chi connectivity index (χ3n) is 2.95. The minimum absolute atomic E-state index is 0.298. The van der Waals surface area contributed by atoms with E-state index in [1.54, 1.807) is 12.1 Å². The zero-order chi connectivity index (χ0) is 11.5. The second-order valence-corrected chi connectivity index (χ2v) is 4.02. The molecule has 0 saturated carbocycles. The Bertz CT molecular complexity index is 377. The van der Waals surface area contributed by atoms with Crippen LogP contribution in [0.5, 0.6) is 0 Å². The number of anilines is 1. The minimum Gasteiger partial charge on any atom is -0.480 e. The molecule has 0 aliphatic carbocycles. The van der Waals surface area contributed by atoms with Crippen molar-refractivity contribution in [1.29, 1.82) is 0 Å². The smallest absolute Gasteiger partial charge is 0.326 e. The zero-order valence-corrected chi connectivity index (χ0v) is 8.90. The van der Waals surface area contributed by atoms with Crippen molar-refractivity contribution in [3.8, 4) is 0 Å². The summed E-state index contributed by atoms with van der Waals surface area (Å²) in [6.45, 7) is 0.725. The first-order valence-electron chi connectivity index (χ1n) is 5.43. The van der Waals surface area contributed by atoms with Crippen LogP contribution in [0.1, 0.15) is 19.3 Å². The molecule has 0 amide bonds. The number of carboxylic acid groups (broad SMARTS) is 1. The fourth-order valence-electron chi connectivity index (χ4n) is 2.13. The normalized spacial score (nSPS) is 20.8. The molecule has 1 fully saturated rings. The quantitative estimate of drug-likeness (QED) is 0.836. The molecule has 1 heterocycles. The number of nitrogens with zero attached hydrogens (tertiary/aromatic N) is 1. The van der Waals surface area contributed by atoms with Crippen molar-refractivity contribution in [1.82, 2.24) is 0 Å². The SMILES string of the molecule is O=C(O)C1CCCCN1c1ccc(F)cc1. The summed E-state index contributed by atoms with van der Waals surface area (Å²) < 4.78 is 12.8. The molecule has 1 aliphatic rings. The van der Waals surface area contributed by atoms with Gasteiger partial charge in [0.2, 0.25) is 0 Å². The highest BCUT2D eigenvalue weighted by atomic mass is 19.1. The monoisotopic (exact) mass is 223 g/mol. The molecule has 0 aromatic heterocycles. The topological polar surface area (TPSA) is 40.5 Å². The van der Waals surface area contributed by atoms with Crippen LogP contribution in [0.4, 0.5) is 10.1 Å². The average molecular weight is 223 g/mol. The second kappa shape index (κ2) is 4.51. The van der Waals surface area contributed by atoms with Crippen molar-refractivity contribution in [3.05, 3.63) is 30.1 Å². The standard InChI is InChI=1S/C12H14FNO2/c13-9-4-6-10(7-5-9)14-8-2-1-3-11(14)12(15)16/h4-7,11H,1-3,8H2,(H,15,16). The van der Waals surface area contributed by atoms with Gasteiger partial charge in [-0.1, -0.05) is 0 Å². The van der Waals surface area contributed by atoms with Crippen LogP contribution in [0, 0.1) is 5.82 Å². The largest absolute Gasteiger partial charge is 0.480 e. The molecule has 4 heteroatoms. The van der Waals surface area contributed by atoms with Crippen molar-refractivity contribution in [3.63, 3.8) is 0 Å². The maximum Gasteiger partial charge on any atom is 0.326 e. The first kappa shape index (κ1) is 10.9. The van der Waals surface area contributed by atoms with E-state index in [0.717, 1.165) is 25.1 Å². The summed E-state index contributed by atoms with van der Waals surface area (Å²) in [6, 6.07) is 5.53. The first-order chi connectivity index (χ1) is 7.68. The predicted octanol–water partition coefficient (Wildman–Crippen LogP) is 2.27. The number of halogens is 1. The molecule has 1 aromatic rings. The number of benzene rings is 1. The van der Waals surface area contributed by atoms with Crippen LogP contribution in [0.25, 0.3) is 0 Å². The van der Waals surface area contributed by atoms with E-state index in [9.17, 15) is 9.18 Å². The molecule has 0 bridgehead atoms. The van der Waals surface area contributed by atoms with E-state index >= 15 is 0 Å². The van der Waals surface area contributed by atoms with Gasteiger partial charge in [0.05, 0.1) is 0 Å². The van der Waals surface area contributed by atoms with E-state index in [2.05, 4.69) is 0 Å². The molecule has 1 unspecified atom stereocenters. The summed E-state index contributed by atoms with van der Waals surface area (Å²) in [5.41, 5.74) is 0.786. The van der Waals surface area contributed by atoms with Crippen LogP contribution >= 0.6 is 0 Å². The predicted molar refractivity (Wildman–Crippen MR) is 59.0 cm³/mol. The van der Waals surface area contributed by atoms with Crippen LogP contribution in [-0.4, -0.2) is 23.7 Å². The van der Waals surface area contributed by atoms with Crippen molar-refractivity contribution < 1.29 is 14.3 Å². The maximum atomic E-state index is 12.8. The summed E-state index contributed by atoms with van der Waals surface area (Å²) in [4.78, 5) is 12.9. The molecule has 0 radical (unpaired) electrons. The number of carbonyl (C=O) groups is 1. The third-order valence-corrected chi connectivity index (χ3v) is 2.95. The van der Waals surface area contributed by atoms with Crippen LogP contribution in [0.3, 0.4) is 0 Å². The third kappa shape index (κ3) is 2.15. The molecule has 3 nitrogen and oxygen atoms in total. The highest BCUT2D eigenvalue weighted by Crippen LogP contribution is 2.24. The van der Waals surface area contributed by atoms with E-state index in [1.165, 1.54) is 12.1 Å². The Kier molecular flexibility index (Phi) is 3.08. The van der Waals surface area contributed by atoms with Crippen molar-refractivity contribution >= 4 is 11.7 Å². The Morgan fingerprint density at radius 3 is 2.62 bits per heavy atom. The maximum absolute atomic E-state index is 12.8. The van der Waals surface area contributed by atoms with E-state index in [0.29, 0.717) is 6.42 Å². The van der Waals surface area contributed by atoms with E-state index in [4.69, 9.17) is 5.11 Å². The minimum atomic E-state index is -0.802. The summed E-state index contributed by atoms with van der Waals surface area (Å²) in [7, 11) is 0. The molecular formula is C12H14FNO2. The Morgan fingerprint density at radius 2 is 2.00 bits per heavy atom. The fraction of sp³-hybridized carbons (Fsp3) is 0.417.